The number of hydrazine groups is 1. The van der Waals surface area contributed by atoms with E-state index in [1.807, 2.05) is 5.43 Å². The third-order valence-electron chi connectivity index (χ3n) is 2.91. The summed E-state index contributed by atoms with van der Waals surface area (Å²) in [6, 6.07) is 13.1. The highest BCUT2D eigenvalue weighted by Gasteiger charge is 2.36. The average molecular weight is 352 g/mol. The Labute approximate surface area is 141 Å². The van der Waals surface area contributed by atoms with Gasteiger partial charge in [0.2, 0.25) is 5.84 Å². The summed E-state index contributed by atoms with van der Waals surface area (Å²) in [5, 5.41) is 2.38. The van der Waals surface area contributed by atoms with Crippen molar-refractivity contribution in [3.8, 4) is 5.75 Å². The van der Waals surface area contributed by atoms with Crippen molar-refractivity contribution >= 4 is 23.2 Å². The Morgan fingerprint density at radius 2 is 1.64 bits per heavy atom. The van der Waals surface area contributed by atoms with Gasteiger partial charge in [-0.3, -0.25) is 10.9 Å². The van der Waals surface area contributed by atoms with Gasteiger partial charge in [-0.1, -0.05) is 18.2 Å². The molecule has 0 unspecified atom stereocenters. The molecule has 132 valence electrons. The Bertz CT molecular complexity index is 731. The van der Waals surface area contributed by atoms with Crippen LogP contribution in [0.1, 0.15) is 0 Å². The second kappa shape index (κ2) is 8.04. The maximum Gasteiger partial charge on any atom is 0.450 e. The van der Waals surface area contributed by atoms with E-state index in [0.29, 0.717) is 11.4 Å². The van der Waals surface area contributed by atoms with E-state index in [0.717, 1.165) is 0 Å². The molecule has 0 aliphatic rings. The highest BCUT2D eigenvalue weighted by Crippen LogP contribution is 2.22. The van der Waals surface area contributed by atoms with Gasteiger partial charge in [-0.2, -0.15) is 13.2 Å². The molecule has 0 saturated heterocycles. The first-order valence-corrected chi connectivity index (χ1v) is 7.06. The third kappa shape index (κ3) is 5.72. The lowest BCUT2D eigenvalue weighted by molar-refractivity contribution is -0.0621. The number of ether oxygens (including phenoxy) is 1. The summed E-state index contributed by atoms with van der Waals surface area (Å²) >= 11 is 0. The molecule has 0 aliphatic carbocycles. The van der Waals surface area contributed by atoms with E-state index in [4.69, 9.17) is 4.74 Å². The summed E-state index contributed by atoms with van der Waals surface area (Å²) < 4.78 is 44.0. The zero-order chi connectivity index (χ0) is 18.3. The van der Waals surface area contributed by atoms with Gasteiger partial charge in [0.25, 0.3) is 0 Å². The van der Waals surface area contributed by atoms with Crippen molar-refractivity contribution < 1.29 is 22.7 Å². The van der Waals surface area contributed by atoms with Gasteiger partial charge >= 0.3 is 12.2 Å². The minimum Gasteiger partial charge on any atom is -0.497 e. The number of carbonyl (C=O) groups is 1. The van der Waals surface area contributed by atoms with Gasteiger partial charge in [0.05, 0.1) is 12.8 Å². The maximum absolute atomic E-state index is 13.0. The van der Waals surface area contributed by atoms with Crippen LogP contribution in [0.5, 0.6) is 5.75 Å². The van der Waals surface area contributed by atoms with Crippen LogP contribution in [0, 0.1) is 0 Å². The molecule has 0 spiro atoms. The fourth-order valence-corrected chi connectivity index (χ4v) is 1.75. The van der Waals surface area contributed by atoms with Crippen LogP contribution in [-0.4, -0.2) is 25.2 Å². The smallest absolute Gasteiger partial charge is 0.450 e. The van der Waals surface area contributed by atoms with Gasteiger partial charge in [-0.25, -0.2) is 9.79 Å². The molecule has 2 amide bonds. The topological polar surface area (TPSA) is 74.8 Å². The Morgan fingerprint density at radius 1 is 1.00 bits per heavy atom. The first-order chi connectivity index (χ1) is 11.9. The number of urea groups is 1. The molecule has 9 heteroatoms. The molecule has 0 saturated carbocycles. The van der Waals surface area contributed by atoms with Crippen LogP contribution in [0.15, 0.2) is 59.6 Å². The zero-order valence-electron chi connectivity index (χ0n) is 13.1. The lowest BCUT2D eigenvalue weighted by Gasteiger charge is -2.14. The SMILES string of the molecule is COc1ccc(N=C(NNC(=O)Nc2ccccc2)C(F)(F)F)cc1. The maximum atomic E-state index is 13.0. The minimum atomic E-state index is -4.78. The normalized spacial score (nSPS) is 11.6. The van der Waals surface area contributed by atoms with E-state index < -0.39 is 18.0 Å². The fourth-order valence-electron chi connectivity index (χ4n) is 1.75. The summed E-state index contributed by atoms with van der Waals surface area (Å²) in [4.78, 5) is 15.1. The van der Waals surface area contributed by atoms with Gasteiger partial charge in [0.1, 0.15) is 5.75 Å². The van der Waals surface area contributed by atoms with Gasteiger partial charge < -0.3 is 10.1 Å². The second-order valence-electron chi connectivity index (χ2n) is 4.73. The number of nitrogens with zero attached hydrogens (tertiary/aromatic N) is 1. The first kappa shape index (κ1) is 18.1. The van der Waals surface area contributed by atoms with Crippen molar-refractivity contribution in [1.29, 1.82) is 0 Å². The number of halogens is 3. The second-order valence-corrected chi connectivity index (χ2v) is 4.73. The predicted molar refractivity (Wildman–Crippen MR) is 87.9 cm³/mol. The third-order valence-corrected chi connectivity index (χ3v) is 2.91. The first-order valence-electron chi connectivity index (χ1n) is 7.06. The zero-order valence-corrected chi connectivity index (χ0v) is 13.1. The summed E-state index contributed by atoms with van der Waals surface area (Å²) in [6.45, 7) is 0. The number of anilines is 1. The van der Waals surface area contributed by atoms with Crippen molar-refractivity contribution in [3.05, 3.63) is 54.6 Å². The fraction of sp³-hybridized carbons (Fsp3) is 0.125. The number of para-hydroxylation sites is 1. The van der Waals surface area contributed by atoms with Gasteiger partial charge in [-0.05, 0) is 36.4 Å². The highest BCUT2D eigenvalue weighted by atomic mass is 19.4. The summed E-state index contributed by atoms with van der Waals surface area (Å²) in [5.41, 5.74) is 4.17. The van der Waals surface area contributed by atoms with Crippen molar-refractivity contribution in [2.24, 2.45) is 4.99 Å². The van der Waals surface area contributed by atoms with Crippen LogP contribution in [-0.2, 0) is 0 Å². The molecular weight excluding hydrogens is 337 g/mol. The number of nitrogens with one attached hydrogen (secondary N) is 3. The molecule has 2 rings (SSSR count). The molecule has 0 aliphatic heterocycles. The van der Waals surface area contributed by atoms with Crippen molar-refractivity contribution in [1.82, 2.24) is 10.9 Å². The minimum absolute atomic E-state index is 0.0471. The molecule has 3 N–H and O–H groups in total. The molecule has 0 bridgehead atoms. The lowest BCUT2D eigenvalue weighted by Crippen LogP contribution is -2.49. The average Bonchev–Trinajstić information content (AvgIpc) is 2.59. The standard InChI is InChI=1S/C16H15F3N4O2/c1-25-13-9-7-12(8-10-13)20-14(16(17,18)19)22-23-15(24)21-11-5-3-2-4-6-11/h2-10H,1H3,(H,20,22)(H2,21,23,24). The molecular formula is C16H15F3N4O2. The number of amidine groups is 1. The monoisotopic (exact) mass is 352 g/mol. The molecule has 2 aromatic rings. The van der Waals surface area contributed by atoms with E-state index in [1.54, 1.807) is 35.8 Å². The van der Waals surface area contributed by atoms with Gasteiger partial charge in [-0.15, -0.1) is 0 Å². The molecule has 25 heavy (non-hydrogen) atoms. The Kier molecular flexibility index (Phi) is 5.83. The number of rotatable bonds is 3. The Balaban J connectivity index is 2.04. The van der Waals surface area contributed by atoms with E-state index in [1.165, 1.54) is 31.4 Å². The van der Waals surface area contributed by atoms with E-state index in [2.05, 4.69) is 10.3 Å². The molecule has 0 radical (unpaired) electrons. The van der Waals surface area contributed by atoms with Gasteiger partial charge in [0, 0.05) is 5.69 Å². The number of amides is 2. The number of alkyl halides is 3. The summed E-state index contributed by atoms with van der Waals surface area (Å²) in [5.74, 6) is -0.873. The predicted octanol–water partition coefficient (Wildman–Crippen LogP) is 3.61. The number of hydrogen-bond acceptors (Lipinski definition) is 3. The molecule has 0 heterocycles. The molecule has 2 aromatic carbocycles. The molecule has 0 atom stereocenters. The Hall–Kier alpha value is -3.23. The molecule has 0 fully saturated rings. The van der Waals surface area contributed by atoms with Crippen LogP contribution >= 0.6 is 0 Å². The number of methoxy groups -OCH3 is 1. The Morgan fingerprint density at radius 3 is 2.20 bits per heavy atom. The van der Waals surface area contributed by atoms with Crippen LogP contribution in [0.25, 0.3) is 0 Å². The molecule has 6 nitrogen and oxygen atoms in total. The largest absolute Gasteiger partial charge is 0.497 e. The number of hydrogen-bond donors (Lipinski definition) is 3. The van der Waals surface area contributed by atoms with Crippen LogP contribution in [0.4, 0.5) is 29.3 Å². The number of carbonyl (C=O) groups excluding carboxylic acids is 1. The van der Waals surface area contributed by atoms with E-state index >= 15 is 0 Å². The summed E-state index contributed by atoms with van der Waals surface area (Å²) in [6.07, 6.45) is -4.78. The highest BCUT2D eigenvalue weighted by molar-refractivity contribution is 5.94. The van der Waals surface area contributed by atoms with Crippen LogP contribution < -0.4 is 20.9 Å². The van der Waals surface area contributed by atoms with E-state index in [-0.39, 0.29) is 5.69 Å². The van der Waals surface area contributed by atoms with Crippen molar-refractivity contribution in [3.63, 3.8) is 0 Å². The van der Waals surface area contributed by atoms with Crippen molar-refractivity contribution in [2.45, 2.75) is 6.18 Å². The number of benzene rings is 2. The number of aliphatic imine (C=N–C) groups is 1. The van der Waals surface area contributed by atoms with E-state index in [9.17, 15) is 18.0 Å². The molecule has 0 aromatic heterocycles. The lowest BCUT2D eigenvalue weighted by atomic mass is 10.3. The van der Waals surface area contributed by atoms with Crippen LogP contribution in [0.2, 0.25) is 0 Å². The van der Waals surface area contributed by atoms with Gasteiger partial charge in [0.15, 0.2) is 0 Å². The summed E-state index contributed by atoms with van der Waals surface area (Å²) in [7, 11) is 1.44. The van der Waals surface area contributed by atoms with Crippen LogP contribution in [0.3, 0.4) is 0 Å². The van der Waals surface area contributed by atoms with Crippen molar-refractivity contribution in [2.75, 3.05) is 12.4 Å². The quantitative estimate of drug-likeness (QED) is 0.449.